The molecule has 2 saturated heterocycles. The lowest BCUT2D eigenvalue weighted by Gasteiger charge is -2.35. The normalized spacial score (nSPS) is 19.4. The molecule has 3 aliphatic heterocycles. The number of carbonyl (C=O) groups is 3. The lowest BCUT2D eigenvalue weighted by atomic mass is 9.94. The van der Waals surface area contributed by atoms with Gasteiger partial charge in [0.05, 0.1) is 43.7 Å². The van der Waals surface area contributed by atoms with Gasteiger partial charge in [-0.2, -0.15) is 0 Å². The highest BCUT2D eigenvalue weighted by Crippen LogP contribution is 2.35. The lowest BCUT2D eigenvalue weighted by Crippen LogP contribution is -2.42. The van der Waals surface area contributed by atoms with E-state index in [0.29, 0.717) is 68.3 Å². The van der Waals surface area contributed by atoms with Gasteiger partial charge in [0, 0.05) is 39.2 Å². The maximum absolute atomic E-state index is 13.3. The number of imide groups is 1. The summed E-state index contributed by atoms with van der Waals surface area (Å²) < 4.78 is 16.4. The molecule has 0 saturated carbocycles. The summed E-state index contributed by atoms with van der Waals surface area (Å²) in [6.45, 7) is 2.90. The molecular formula is C30H37N3O6. The van der Waals surface area contributed by atoms with E-state index in [1.165, 1.54) is 4.90 Å². The number of nitrogens with zero attached hydrogens (tertiary/aromatic N) is 3. The molecule has 0 spiro atoms. The fraction of sp³-hybridized carbons (Fsp3) is 0.500. The molecule has 2 fully saturated rings. The number of benzene rings is 2. The van der Waals surface area contributed by atoms with E-state index in [0.717, 1.165) is 30.5 Å². The molecule has 0 aliphatic carbocycles. The van der Waals surface area contributed by atoms with Crippen LogP contribution in [0.4, 0.5) is 5.69 Å². The number of rotatable bonds is 9. The van der Waals surface area contributed by atoms with Gasteiger partial charge in [-0.3, -0.25) is 19.3 Å². The lowest BCUT2D eigenvalue weighted by molar-refractivity contribution is -0.134. The number of hydrogen-bond donors (Lipinski definition) is 0. The quantitative estimate of drug-likeness (QED) is 0.455. The Kier molecular flexibility index (Phi) is 8.07. The zero-order valence-electron chi connectivity index (χ0n) is 23.0. The van der Waals surface area contributed by atoms with Gasteiger partial charge in [-0.1, -0.05) is 12.1 Å². The first-order chi connectivity index (χ1) is 18.9. The summed E-state index contributed by atoms with van der Waals surface area (Å²) in [7, 11) is 5.08. The maximum Gasteiger partial charge on any atom is 0.263 e. The Morgan fingerprint density at radius 1 is 1.03 bits per heavy atom. The van der Waals surface area contributed by atoms with Crippen molar-refractivity contribution in [3.63, 3.8) is 0 Å². The van der Waals surface area contributed by atoms with Crippen molar-refractivity contribution in [2.45, 2.75) is 38.2 Å². The van der Waals surface area contributed by atoms with E-state index >= 15 is 0 Å². The molecule has 2 aromatic carbocycles. The zero-order valence-corrected chi connectivity index (χ0v) is 23.0. The molecule has 5 rings (SSSR count). The number of amides is 3. The highest BCUT2D eigenvalue weighted by atomic mass is 16.5. The van der Waals surface area contributed by atoms with Crippen molar-refractivity contribution in [2.24, 2.45) is 5.92 Å². The van der Waals surface area contributed by atoms with Crippen molar-refractivity contribution in [3.8, 4) is 11.5 Å². The third-order valence-corrected chi connectivity index (χ3v) is 8.13. The van der Waals surface area contributed by atoms with Gasteiger partial charge in [0.2, 0.25) is 5.91 Å². The Hall–Kier alpha value is -3.59. The number of hydrogen-bond acceptors (Lipinski definition) is 7. The van der Waals surface area contributed by atoms with Gasteiger partial charge >= 0.3 is 0 Å². The molecule has 1 atom stereocenters. The fourth-order valence-corrected chi connectivity index (χ4v) is 5.86. The third kappa shape index (κ3) is 5.45. The van der Waals surface area contributed by atoms with Crippen LogP contribution in [0, 0.1) is 5.92 Å². The molecule has 3 amide bonds. The average molecular weight is 536 g/mol. The smallest absolute Gasteiger partial charge is 0.263 e. The minimum Gasteiger partial charge on any atom is -0.493 e. The number of methoxy groups -OCH3 is 2. The number of ether oxygens (including phenoxy) is 3. The van der Waals surface area contributed by atoms with E-state index in [1.54, 1.807) is 20.3 Å². The standard InChI is InChI=1S/C30H37N3O6/c1-31(14-11-20-9-10-25(37-2)26(18-20)38-3)28(34)21-12-15-32(16-13-21)24-8-4-7-23-27(24)30(36)33(29(23)35)19-22-6-5-17-39-22/h4,7-10,18,21-22H,5-6,11-17,19H2,1-3H3. The Bertz CT molecular complexity index is 1230. The van der Waals surface area contributed by atoms with E-state index in [4.69, 9.17) is 14.2 Å². The number of piperidine rings is 1. The van der Waals surface area contributed by atoms with Crippen LogP contribution in [0.3, 0.4) is 0 Å². The number of likely N-dealkylation sites (N-methyl/N-ethyl adjacent to an activating group) is 1. The van der Waals surface area contributed by atoms with Crippen LogP contribution < -0.4 is 14.4 Å². The molecule has 0 bridgehead atoms. The monoisotopic (exact) mass is 535 g/mol. The van der Waals surface area contributed by atoms with E-state index in [-0.39, 0.29) is 29.7 Å². The van der Waals surface area contributed by atoms with Crippen LogP contribution in [-0.2, 0) is 16.0 Å². The van der Waals surface area contributed by atoms with Crippen molar-refractivity contribution < 1.29 is 28.6 Å². The molecule has 3 aliphatic rings. The maximum atomic E-state index is 13.3. The molecule has 3 heterocycles. The van der Waals surface area contributed by atoms with Gasteiger partial charge in [-0.05, 0) is 61.9 Å². The molecule has 1 unspecified atom stereocenters. The van der Waals surface area contributed by atoms with Crippen LogP contribution in [0.15, 0.2) is 36.4 Å². The third-order valence-electron chi connectivity index (χ3n) is 8.13. The molecule has 9 heteroatoms. The summed E-state index contributed by atoms with van der Waals surface area (Å²) in [5.41, 5.74) is 2.81. The predicted octanol–water partition coefficient (Wildman–Crippen LogP) is 3.40. The number of fused-ring (bicyclic) bond motifs is 1. The second kappa shape index (κ2) is 11.7. The summed E-state index contributed by atoms with van der Waals surface area (Å²) in [4.78, 5) is 44.9. The Balaban J connectivity index is 1.18. The number of anilines is 1. The highest BCUT2D eigenvalue weighted by molar-refractivity contribution is 6.23. The van der Waals surface area contributed by atoms with Gasteiger partial charge < -0.3 is 24.0 Å². The van der Waals surface area contributed by atoms with Crippen LogP contribution in [0.25, 0.3) is 0 Å². The molecule has 9 nitrogen and oxygen atoms in total. The van der Waals surface area contributed by atoms with E-state index < -0.39 is 0 Å². The molecule has 0 N–H and O–H groups in total. The minimum absolute atomic E-state index is 0.0678. The largest absolute Gasteiger partial charge is 0.493 e. The summed E-state index contributed by atoms with van der Waals surface area (Å²) in [5, 5.41) is 0. The summed E-state index contributed by atoms with van der Waals surface area (Å²) >= 11 is 0. The molecule has 2 aromatic rings. The topological polar surface area (TPSA) is 88.6 Å². The molecule has 0 aromatic heterocycles. The Morgan fingerprint density at radius 3 is 2.49 bits per heavy atom. The van der Waals surface area contributed by atoms with Gasteiger partial charge in [0.15, 0.2) is 11.5 Å². The SMILES string of the molecule is COc1ccc(CCN(C)C(=O)C2CCN(c3cccc4c3C(=O)N(CC3CCCO3)C4=O)CC2)cc1OC. The first-order valence-electron chi connectivity index (χ1n) is 13.7. The van der Waals surface area contributed by atoms with Crippen molar-refractivity contribution in [3.05, 3.63) is 53.1 Å². The second-order valence-electron chi connectivity index (χ2n) is 10.5. The second-order valence-corrected chi connectivity index (χ2v) is 10.5. The van der Waals surface area contributed by atoms with Crippen LogP contribution in [0.1, 0.15) is 52.0 Å². The summed E-state index contributed by atoms with van der Waals surface area (Å²) in [6, 6.07) is 11.3. The van der Waals surface area contributed by atoms with Gasteiger partial charge in [0.25, 0.3) is 11.8 Å². The van der Waals surface area contributed by atoms with Crippen LogP contribution >= 0.6 is 0 Å². The van der Waals surface area contributed by atoms with E-state index in [1.807, 2.05) is 42.3 Å². The van der Waals surface area contributed by atoms with Gasteiger partial charge in [-0.15, -0.1) is 0 Å². The van der Waals surface area contributed by atoms with Crippen molar-refractivity contribution in [1.29, 1.82) is 0 Å². The molecular weight excluding hydrogens is 498 g/mol. The minimum atomic E-state index is -0.242. The van der Waals surface area contributed by atoms with Crippen LogP contribution in [-0.4, -0.2) is 87.7 Å². The fourth-order valence-electron chi connectivity index (χ4n) is 5.86. The van der Waals surface area contributed by atoms with E-state index in [9.17, 15) is 14.4 Å². The Morgan fingerprint density at radius 2 is 1.79 bits per heavy atom. The van der Waals surface area contributed by atoms with Crippen LogP contribution in [0.5, 0.6) is 11.5 Å². The Labute approximate surface area is 229 Å². The van der Waals surface area contributed by atoms with Crippen molar-refractivity contribution in [1.82, 2.24) is 9.80 Å². The molecule has 208 valence electrons. The van der Waals surface area contributed by atoms with E-state index in [2.05, 4.69) is 4.90 Å². The predicted molar refractivity (Wildman–Crippen MR) is 147 cm³/mol. The summed E-state index contributed by atoms with van der Waals surface area (Å²) in [6.07, 6.45) is 3.86. The first-order valence-corrected chi connectivity index (χ1v) is 13.7. The van der Waals surface area contributed by atoms with Crippen LogP contribution in [0.2, 0.25) is 0 Å². The highest BCUT2D eigenvalue weighted by Gasteiger charge is 2.40. The van der Waals surface area contributed by atoms with Gasteiger partial charge in [0.1, 0.15) is 0 Å². The van der Waals surface area contributed by atoms with Gasteiger partial charge in [-0.25, -0.2) is 0 Å². The average Bonchev–Trinajstić information content (AvgIpc) is 3.58. The van der Waals surface area contributed by atoms with Crippen molar-refractivity contribution >= 4 is 23.4 Å². The van der Waals surface area contributed by atoms with Crippen molar-refractivity contribution in [2.75, 3.05) is 59.0 Å². The molecule has 39 heavy (non-hydrogen) atoms. The zero-order chi connectivity index (χ0) is 27.5. The first kappa shape index (κ1) is 27.0. The summed E-state index contributed by atoms with van der Waals surface area (Å²) in [5.74, 6) is 0.953. The number of carbonyl (C=O) groups excluding carboxylic acids is 3. The molecule has 0 radical (unpaired) electrons.